The van der Waals surface area contributed by atoms with E-state index in [9.17, 15) is 18.0 Å². The van der Waals surface area contributed by atoms with E-state index in [1.807, 2.05) is 31.2 Å². The molecule has 0 aliphatic heterocycles. The first-order chi connectivity index (χ1) is 18.7. The number of nitrogens with one attached hydrogen (secondary N) is 1. The van der Waals surface area contributed by atoms with Gasteiger partial charge in [0.15, 0.2) is 0 Å². The zero-order chi connectivity index (χ0) is 28.4. The molecule has 39 heavy (non-hydrogen) atoms. The van der Waals surface area contributed by atoms with E-state index in [1.54, 1.807) is 49.4 Å². The van der Waals surface area contributed by atoms with Gasteiger partial charge in [-0.2, -0.15) is 0 Å². The molecule has 8 nitrogen and oxygen atoms in total. The highest BCUT2D eigenvalue weighted by Crippen LogP contribution is 2.27. The number of methoxy groups -OCH3 is 1. The number of anilines is 1. The zero-order valence-electron chi connectivity index (χ0n) is 22.3. The summed E-state index contributed by atoms with van der Waals surface area (Å²) in [6.07, 6.45) is 1.74. The van der Waals surface area contributed by atoms with Gasteiger partial charge >= 0.3 is 0 Å². The number of nitrogens with zero attached hydrogens (tertiary/aromatic N) is 2. The molecule has 0 bridgehead atoms. The van der Waals surface area contributed by atoms with Gasteiger partial charge in [0.1, 0.15) is 18.3 Å². The highest BCUT2D eigenvalue weighted by Gasteiger charge is 2.32. The number of carbonyl (C=O) groups excluding carboxylic acids is 2. The Morgan fingerprint density at radius 3 is 2.33 bits per heavy atom. The second-order valence-electron chi connectivity index (χ2n) is 8.99. The van der Waals surface area contributed by atoms with Gasteiger partial charge in [0.05, 0.1) is 17.7 Å². The third kappa shape index (κ3) is 8.06. The smallest absolute Gasteiger partial charge is 0.264 e. The van der Waals surface area contributed by atoms with Gasteiger partial charge in [-0.1, -0.05) is 65.7 Å². The Bertz CT molecular complexity index is 1350. The van der Waals surface area contributed by atoms with Crippen molar-refractivity contribution >= 4 is 43.5 Å². The van der Waals surface area contributed by atoms with Crippen LogP contribution in [0.3, 0.4) is 0 Å². The van der Waals surface area contributed by atoms with Crippen molar-refractivity contribution in [1.82, 2.24) is 10.2 Å². The molecule has 0 radical (unpaired) electrons. The van der Waals surface area contributed by atoms with Gasteiger partial charge in [-0.15, -0.1) is 0 Å². The van der Waals surface area contributed by atoms with Crippen LogP contribution in [0.1, 0.15) is 32.3 Å². The maximum atomic E-state index is 13.9. The van der Waals surface area contributed by atoms with E-state index < -0.39 is 28.5 Å². The Balaban J connectivity index is 2.00. The maximum absolute atomic E-state index is 13.9. The minimum atomic E-state index is -4.13. The van der Waals surface area contributed by atoms with Gasteiger partial charge < -0.3 is 15.0 Å². The second kappa shape index (κ2) is 14.1. The number of sulfonamides is 1. The van der Waals surface area contributed by atoms with Gasteiger partial charge in [-0.25, -0.2) is 8.42 Å². The number of amides is 2. The summed E-state index contributed by atoms with van der Waals surface area (Å²) in [4.78, 5) is 28.4. The number of benzene rings is 3. The SMILES string of the molecule is CCCCNC(=O)[C@@H](C)N(Cc1ccc(Br)cc1)C(=O)CN(c1cccc(OC)c1)S(=O)(=O)c1ccccc1. The van der Waals surface area contributed by atoms with Crippen molar-refractivity contribution < 1.29 is 22.7 Å². The molecule has 0 fully saturated rings. The van der Waals surface area contributed by atoms with Crippen LogP contribution in [-0.4, -0.2) is 51.4 Å². The Morgan fingerprint density at radius 2 is 1.69 bits per heavy atom. The summed E-state index contributed by atoms with van der Waals surface area (Å²) in [7, 11) is -2.64. The molecule has 0 unspecified atom stereocenters. The van der Waals surface area contributed by atoms with Crippen LogP contribution in [0.15, 0.2) is 88.2 Å². The van der Waals surface area contributed by atoms with Crippen LogP contribution >= 0.6 is 15.9 Å². The summed E-state index contributed by atoms with van der Waals surface area (Å²) in [5, 5.41) is 2.88. The second-order valence-corrected chi connectivity index (χ2v) is 11.8. The van der Waals surface area contributed by atoms with Crippen molar-refractivity contribution in [2.24, 2.45) is 0 Å². The highest BCUT2D eigenvalue weighted by molar-refractivity contribution is 9.10. The fourth-order valence-electron chi connectivity index (χ4n) is 3.92. The van der Waals surface area contributed by atoms with Crippen LogP contribution in [0.2, 0.25) is 0 Å². The molecule has 3 aromatic rings. The topological polar surface area (TPSA) is 96.0 Å². The summed E-state index contributed by atoms with van der Waals surface area (Å²) in [5.41, 5.74) is 1.08. The lowest BCUT2D eigenvalue weighted by Gasteiger charge is -2.32. The number of hydrogen-bond acceptors (Lipinski definition) is 5. The first-order valence-electron chi connectivity index (χ1n) is 12.7. The molecule has 0 aliphatic rings. The van der Waals surface area contributed by atoms with Crippen molar-refractivity contribution in [1.29, 1.82) is 0 Å². The quantitative estimate of drug-likeness (QED) is 0.273. The van der Waals surface area contributed by atoms with E-state index in [0.717, 1.165) is 27.2 Å². The van der Waals surface area contributed by atoms with Crippen LogP contribution in [-0.2, 0) is 26.2 Å². The van der Waals surface area contributed by atoms with Crippen molar-refractivity contribution in [3.05, 3.63) is 88.9 Å². The molecule has 3 rings (SSSR count). The van der Waals surface area contributed by atoms with Gasteiger partial charge in [0.2, 0.25) is 11.8 Å². The molecule has 0 aromatic heterocycles. The molecular weight excluding hydrogens is 582 g/mol. The lowest BCUT2D eigenvalue weighted by molar-refractivity contribution is -0.139. The van der Waals surface area contributed by atoms with Crippen LogP contribution < -0.4 is 14.4 Å². The molecule has 10 heteroatoms. The van der Waals surface area contributed by atoms with Crippen LogP contribution in [0.5, 0.6) is 5.75 Å². The molecule has 1 N–H and O–H groups in total. The first-order valence-corrected chi connectivity index (χ1v) is 14.9. The van der Waals surface area contributed by atoms with E-state index >= 15 is 0 Å². The standard InChI is InChI=1S/C29H34BrN3O5S/c1-4-5-18-31-29(35)22(2)32(20-23-14-16-24(30)17-15-23)28(34)21-33(25-10-9-11-26(19-25)38-3)39(36,37)27-12-7-6-8-13-27/h6-17,19,22H,4-5,18,20-21H2,1-3H3,(H,31,35)/t22-/m1/s1. The molecule has 0 saturated heterocycles. The van der Waals surface area contributed by atoms with Crippen LogP contribution in [0.4, 0.5) is 5.69 Å². The molecule has 3 aromatic carbocycles. The van der Waals surface area contributed by atoms with E-state index in [4.69, 9.17) is 4.74 Å². The van der Waals surface area contributed by atoms with E-state index in [0.29, 0.717) is 12.3 Å². The number of hydrogen-bond donors (Lipinski definition) is 1. The van der Waals surface area contributed by atoms with Crippen molar-refractivity contribution in [2.45, 2.75) is 44.2 Å². The fraction of sp³-hybridized carbons (Fsp3) is 0.310. The predicted octanol–water partition coefficient (Wildman–Crippen LogP) is 4.99. The third-order valence-electron chi connectivity index (χ3n) is 6.21. The number of carbonyl (C=O) groups is 2. The monoisotopic (exact) mass is 615 g/mol. The third-order valence-corrected chi connectivity index (χ3v) is 8.53. The summed E-state index contributed by atoms with van der Waals surface area (Å²) in [5.74, 6) is -0.366. The average molecular weight is 617 g/mol. The molecular formula is C29H34BrN3O5S. The van der Waals surface area contributed by atoms with Gasteiger partial charge in [0, 0.05) is 23.6 Å². The lowest BCUT2D eigenvalue weighted by atomic mass is 10.1. The molecule has 0 spiro atoms. The van der Waals surface area contributed by atoms with E-state index in [-0.39, 0.29) is 23.0 Å². The zero-order valence-corrected chi connectivity index (χ0v) is 24.7. The minimum Gasteiger partial charge on any atom is -0.497 e. The van der Waals surface area contributed by atoms with E-state index in [2.05, 4.69) is 21.2 Å². The normalized spacial score (nSPS) is 11.9. The summed E-state index contributed by atoms with van der Waals surface area (Å²) in [6.45, 7) is 3.80. The van der Waals surface area contributed by atoms with Crippen LogP contribution in [0.25, 0.3) is 0 Å². The Labute approximate surface area is 239 Å². The largest absolute Gasteiger partial charge is 0.497 e. The lowest BCUT2D eigenvalue weighted by Crippen LogP contribution is -2.51. The molecule has 2 amide bonds. The summed E-state index contributed by atoms with van der Waals surface area (Å²) < 4.78 is 34.8. The van der Waals surface area contributed by atoms with Crippen LogP contribution in [0, 0.1) is 0 Å². The van der Waals surface area contributed by atoms with Crippen molar-refractivity contribution in [2.75, 3.05) is 24.5 Å². The van der Waals surface area contributed by atoms with Gasteiger partial charge in [-0.05, 0) is 55.3 Å². The Morgan fingerprint density at radius 1 is 1.00 bits per heavy atom. The Hall–Kier alpha value is -3.37. The van der Waals surface area contributed by atoms with Gasteiger partial charge in [0.25, 0.3) is 10.0 Å². The number of unbranched alkanes of at least 4 members (excludes halogenated alkanes) is 1. The Kier molecular flexibility index (Phi) is 10.9. The first kappa shape index (κ1) is 30.2. The highest BCUT2D eigenvalue weighted by atomic mass is 79.9. The minimum absolute atomic E-state index is 0.0467. The number of rotatable bonds is 13. The molecule has 0 saturated carbocycles. The molecule has 208 valence electrons. The number of ether oxygens (including phenoxy) is 1. The maximum Gasteiger partial charge on any atom is 0.264 e. The molecule has 1 atom stereocenters. The average Bonchev–Trinajstić information content (AvgIpc) is 2.95. The van der Waals surface area contributed by atoms with Crippen molar-refractivity contribution in [3.63, 3.8) is 0 Å². The molecule has 0 aliphatic carbocycles. The van der Waals surface area contributed by atoms with Gasteiger partial charge in [-0.3, -0.25) is 13.9 Å². The van der Waals surface area contributed by atoms with Crippen molar-refractivity contribution in [3.8, 4) is 5.75 Å². The fourth-order valence-corrected chi connectivity index (χ4v) is 5.61. The predicted molar refractivity (Wildman–Crippen MR) is 156 cm³/mol. The molecule has 0 heterocycles. The summed E-state index contributed by atoms with van der Waals surface area (Å²) in [6, 6.07) is 21.1. The summed E-state index contributed by atoms with van der Waals surface area (Å²) >= 11 is 3.41. The van der Waals surface area contributed by atoms with E-state index in [1.165, 1.54) is 24.1 Å². The number of halogens is 1.